The second-order valence-electron chi connectivity index (χ2n) is 5.72. The Morgan fingerprint density at radius 1 is 1.11 bits per heavy atom. The number of nitrogens with zero attached hydrogens (tertiary/aromatic N) is 1. The molecule has 19 heavy (non-hydrogen) atoms. The number of anilines is 2. The molecule has 3 rings (SSSR count). The van der Waals surface area contributed by atoms with Crippen LogP contribution in [-0.2, 0) is 11.2 Å². The number of aryl methyl sites for hydroxylation is 1. The Bertz CT molecular complexity index is 492. The summed E-state index contributed by atoms with van der Waals surface area (Å²) in [5.74, 6) is 0.248. The summed E-state index contributed by atoms with van der Waals surface area (Å²) < 4.78 is 0. The molecule has 0 unspecified atom stereocenters. The number of rotatable bonds is 1. The lowest BCUT2D eigenvalue weighted by Gasteiger charge is -2.39. The van der Waals surface area contributed by atoms with Crippen LogP contribution in [0.25, 0.3) is 0 Å². The van der Waals surface area contributed by atoms with Gasteiger partial charge in [-0.15, -0.1) is 0 Å². The van der Waals surface area contributed by atoms with Gasteiger partial charge in [0.15, 0.2) is 0 Å². The van der Waals surface area contributed by atoms with Crippen molar-refractivity contribution in [3.8, 4) is 0 Å². The minimum atomic E-state index is 0.248. The van der Waals surface area contributed by atoms with Gasteiger partial charge in [-0.05, 0) is 55.9 Å². The zero-order valence-corrected chi connectivity index (χ0v) is 11.1. The van der Waals surface area contributed by atoms with Gasteiger partial charge in [0.05, 0.1) is 0 Å². The molecular formula is C15H21N3O. The van der Waals surface area contributed by atoms with E-state index >= 15 is 0 Å². The molecule has 102 valence electrons. The standard InChI is InChI=1S/C15H21N3O/c16-11-2-5-13(6-3-11)18-14-7-4-12(17)9-10(14)1-8-15(18)19/h4,7,9,11,13H,1-3,5-6,8,16-17H2. The third-order valence-electron chi connectivity index (χ3n) is 4.35. The third-order valence-corrected chi connectivity index (χ3v) is 4.35. The van der Waals surface area contributed by atoms with Crippen molar-refractivity contribution >= 4 is 17.3 Å². The minimum Gasteiger partial charge on any atom is -0.399 e. The zero-order valence-electron chi connectivity index (χ0n) is 11.1. The molecule has 0 bridgehead atoms. The number of carbonyl (C=O) groups excluding carboxylic acids is 1. The fourth-order valence-corrected chi connectivity index (χ4v) is 3.30. The second kappa shape index (κ2) is 4.85. The quantitative estimate of drug-likeness (QED) is 0.756. The molecule has 0 atom stereocenters. The molecule has 1 heterocycles. The molecule has 1 amide bonds. The Labute approximate surface area is 113 Å². The van der Waals surface area contributed by atoms with Gasteiger partial charge in [-0.3, -0.25) is 4.79 Å². The molecule has 4 N–H and O–H groups in total. The molecule has 0 radical (unpaired) electrons. The fourth-order valence-electron chi connectivity index (χ4n) is 3.30. The number of carbonyl (C=O) groups is 1. The molecule has 2 aliphatic rings. The monoisotopic (exact) mass is 259 g/mol. The summed E-state index contributed by atoms with van der Waals surface area (Å²) in [6, 6.07) is 6.51. The average Bonchev–Trinajstić information content (AvgIpc) is 2.40. The summed E-state index contributed by atoms with van der Waals surface area (Å²) in [5.41, 5.74) is 14.8. The highest BCUT2D eigenvalue weighted by atomic mass is 16.2. The molecule has 0 spiro atoms. The van der Waals surface area contributed by atoms with Crippen LogP contribution in [0.5, 0.6) is 0 Å². The van der Waals surface area contributed by atoms with E-state index in [-0.39, 0.29) is 5.91 Å². The topological polar surface area (TPSA) is 72.4 Å². The van der Waals surface area contributed by atoms with E-state index in [0.29, 0.717) is 18.5 Å². The van der Waals surface area contributed by atoms with E-state index < -0.39 is 0 Å². The van der Waals surface area contributed by atoms with Crippen molar-refractivity contribution in [1.82, 2.24) is 0 Å². The van der Waals surface area contributed by atoms with Gasteiger partial charge < -0.3 is 16.4 Å². The van der Waals surface area contributed by atoms with Crippen molar-refractivity contribution in [2.75, 3.05) is 10.6 Å². The lowest BCUT2D eigenvalue weighted by molar-refractivity contribution is -0.119. The SMILES string of the molecule is Nc1ccc2c(c1)CCC(=O)N2C1CCC(N)CC1. The third kappa shape index (κ3) is 2.32. The molecule has 1 aliphatic carbocycles. The van der Waals surface area contributed by atoms with Crippen molar-refractivity contribution in [1.29, 1.82) is 0 Å². The van der Waals surface area contributed by atoms with Gasteiger partial charge in [0, 0.05) is 29.9 Å². The van der Waals surface area contributed by atoms with E-state index in [1.54, 1.807) is 0 Å². The molecule has 1 fully saturated rings. The van der Waals surface area contributed by atoms with Crippen molar-refractivity contribution in [3.63, 3.8) is 0 Å². The lowest BCUT2D eigenvalue weighted by atomic mass is 9.88. The molecule has 4 nitrogen and oxygen atoms in total. The van der Waals surface area contributed by atoms with Gasteiger partial charge in [-0.25, -0.2) is 0 Å². The highest BCUT2D eigenvalue weighted by molar-refractivity contribution is 5.97. The lowest BCUT2D eigenvalue weighted by Crippen LogP contribution is -2.46. The van der Waals surface area contributed by atoms with Crippen LogP contribution >= 0.6 is 0 Å². The number of benzene rings is 1. The van der Waals surface area contributed by atoms with Gasteiger partial charge in [0.1, 0.15) is 0 Å². The Hall–Kier alpha value is -1.55. The fraction of sp³-hybridized carbons (Fsp3) is 0.533. The number of nitrogens with two attached hydrogens (primary N) is 2. The molecule has 1 aliphatic heterocycles. The average molecular weight is 259 g/mol. The van der Waals surface area contributed by atoms with E-state index in [1.165, 1.54) is 5.56 Å². The summed E-state index contributed by atoms with van der Waals surface area (Å²) in [5, 5.41) is 0. The first-order chi connectivity index (χ1) is 9.15. The van der Waals surface area contributed by atoms with E-state index in [0.717, 1.165) is 43.5 Å². The normalized spacial score (nSPS) is 27.2. The van der Waals surface area contributed by atoms with Gasteiger partial charge in [-0.2, -0.15) is 0 Å². The number of amides is 1. The van der Waals surface area contributed by atoms with E-state index in [1.807, 2.05) is 23.1 Å². The van der Waals surface area contributed by atoms with E-state index in [2.05, 4.69) is 0 Å². The van der Waals surface area contributed by atoms with Crippen molar-refractivity contribution < 1.29 is 4.79 Å². The van der Waals surface area contributed by atoms with Crippen LogP contribution in [0.3, 0.4) is 0 Å². The first kappa shape index (κ1) is 12.5. The largest absolute Gasteiger partial charge is 0.399 e. The van der Waals surface area contributed by atoms with Crippen LogP contribution in [0.1, 0.15) is 37.7 Å². The first-order valence-electron chi connectivity index (χ1n) is 7.11. The Balaban J connectivity index is 1.90. The predicted molar refractivity (Wildman–Crippen MR) is 76.9 cm³/mol. The van der Waals surface area contributed by atoms with Crippen molar-refractivity contribution in [2.24, 2.45) is 5.73 Å². The van der Waals surface area contributed by atoms with Gasteiger partial charge in [-0.1, -0.05) is 0 Å². The Kier molecular flexibility index (Phi) is 3.19. The van der Waals surface area contributed by atoms with Gasteiger partial charge in [0.2, 0.25) is 5.91 Å². The summed E-state index contributed by atoms with van der Waals surface area (Å²) >= 11 is 0. The number of nitrogen functional groups attached to an aromatic ring is 1. The predicted octanol–water partition coefficient (Wildman–Crippen LogP) is 1.82. The first-order valence-corrected chi connectivity index (χ1v) is 7.11. The van der Waals surface area contributed by atoms with Crippen LogP contribution in [0.2, 0.25) is 0 Å². The number of hydrogen-bond acceptors (Lipinski definition) is 3. The molecule has 1 aromatic carbocycles. The van der Waals surface area contributed by atoms with Crippen LogP contribution in [0.15, 0.2) is 18.2 Å². The second-order valence-corrected chi connectivity index (χ2v) is 5.72. The minimum absolute atomic E-state index is 0.248. The van der Waals surface area contributed by atoms with Crippen molar-refractivity contribution in [3.05, 3.63) is 23.8 Å². The molecule has 1 aromatic rings. The number of fused-ring (bicyclic) bond motifs is 1. The molecule has 0 saturated heterocycles. The summed E-state index contributed by atoms with van der Waals surface area (Å²) in [4.78, 5) is 14.3. The molecule has 0 aromatic heterocycles. The van der Waals surface area contributed by atoms with Gasteiger partial charge in [0.25, 0.3) is 0 Å². The summed E-state index contributed by atoms with van der Waals surface area (Å²) in [6.07, 6.45) is 5.45. The zero-order chi connectivity index (χ0) is 13.4. The summed E-state index contributed by atoms with van der Waals surface area (Å²) in [6.45, 7) is 0. The van der Waals surface area contributed by atoms with Crippen molar-refractivity contribution in [2.45, 2.75) is 50.6 Å². The maximum atomic E-state index is 12.3. The molecule has 1 saturated carbocycles. The van der Waals surface area contributed by atoms with Crippen LogP contribution in [0, 0.1) is 0 Å². The van der Waals surface area contributed by atoms with Crippen LogP contribution < -0.4 is 16.4 Å². The van der Waals surface area contributed by atoms with E-state index in [4.69, 9.17) is 11.5 Å². The molecular weight excluding hydrogens is 238 g/mol. The highest BCUT2D eigenvalue weighted by Crippen LogP contribution is 2.34. The smallest absolute Gasteiger partial charge is 0.227 e. The Morgan fingerprint density at radius 3 is 2.58 bits per heavy atom. The van der Waals surface area contributed by atoms with E-state index in [9.17, 15) is 4.79 Å². The number of hydrogen-bond donors (Lipinski definition) is 2. The maximum Gasteiger partial charge on any atom is 0.227 e. The molecule has 4 heteroatoms. The van der Waals surface area contributed by atoms with Crippen LogP contribution in [0.4, 0.5) is 11.4 Å². The summed E-state index contributed by atoms with van der Waals surface area (Å²) in [7, 11) is 0. The van der Waals surface area contributed by atoms with Crippen LogP contribution in [-0.4, -0.2) is 18.0 Å². The maximum absolute atomic E-state index is 12.3. The van der Waals surface area contributed by atoms with Gasteiger partial charge >= 0.3 is 0 Å². The highest BCUT2D eigenvalue weighted by Gasteiger charge is 2.32. The Morgan fingerprint density at radius 2 is 1.84 bits per heavy atom.